The average molecular weight is 243 g/mol. The first-order valence-electron chi connectivity index (χ1n) is 5.58. The first-order valence-corrected chi connectivity index (χ1v) is 5.58. The summed E-state index contributed by atoms with van der Waals surface area (Å²) in [5.74, 6) is -4.75. The van der Waals surface area contributed by atoms with Crippen LogP contribution >= 0.6 is 0 Å². The van der Waals surface area contributed by atoms with Crippen LogP contribution in [0.2, 0.25) is 0 Å². The van der Waals surface area contributed by atoms with E-state index in [4.69, 9.17) is 5.26 Å². The van der Waals surface area contributed by atoms with Gasteiger partial charge in [-0.3, -0.25) is 4.79 Å². The van der Waals surface area contributed by atoms with E-state index in [9.17, 15) is 13.6 Å². The molecule has 2 aliphatic heterocycles. The Hall–Kier alpha value is -1.22. The number of rotatable bonds is 2. The summed E-state index contributed by atoms with van der Waals surface area (Å²) in [6.07, 6.45) is 0. The minimum absolute atomic E-state index is 0.201. The van der Waals surface area contributed by atoms with Crippen molar-refractivity contribution in [1.29, 1.82) is 5.26 Å². The number of carbonyl (C=O) groups is 1. The summed E-state index contributed by atoms with van der Waals surface area (Å²) >= 11 is 0. The summed E-state index contributed by atoms with van der Waals surface area (Å²) < 4.78 is 26.9. The Kier molecular flexibility index (Phi) is 2.62. The number of alkyl halides is 2. The lowest BCUT2D eigenvalue weighted by atomic mass is 9.95. The Morgan fingerprint density at radius 3 is 2.82 bits per heavy atom. The van der Waals surface area contributed by atoms with Gasteiger partial charge in [-0.25, -0.2) is 8.78 Å². The number of nitrogens with one attached hydrogen (secondary N) is 1. The van der Waals surface area contributed by atoms with Crippen molar-refractivity contribution in [3.05, 3.63) is 0 Å². The van der Waals surface area contributed by atoms with Gasteiger partial charge in [-0.15, -0.1) is 0 Å². The van der Waals surface area contributed by atoms with Crippen molar-refractivity contribution < 1.29 is 13.6 Å². The first kappa shape index (κ1) is 12.2. The van der Waals surface area contributed by atoms with E-state index in [1.54, 1.807) is 13.8 Å². The number of fused-ring (bicyclic) bond motifs is 1. The molecule has 2 aliphatic rings. The van der Waals surface area contributed by atoms with Gasteiger partial charge in [0.1, 0.15) is 5.92 Å². The highest BCUT2D eigenvalue weighted by Gasteiger charge is 2.59. The van der Waals surface area contributed by atoms with Gasteiger partial charge in [0.15, 0.2) is 0 Å². The maximum atomic E-state index is 13.5. The summed E-state index contributed by atoms with van der Waals surface area (Å²) in [5, 5.41) is 11.6. The third kappa shape index (κ3) is 2.00. The Morgan fingerprint density at radius 1 is 1.65 bits per heavy atom. The molecule has 0 spiro atoms. The molecule has 2 saturated heterocycles. The highest BCUT2D eigenvalue weighted by molar-refractivity contribution is 5.83. The van der Waals surface area contributed by atoms with E-state index in [1.165, 1.54) is 4.90 Å². The molecule has 0 radical (unpaired) electrons. The number of carbonyl (C=O) groups excluding carboxylic acids is 1. The molecule has 0 unspecified atom stereocenters. The molecule has 0 saturated carbocycles. The van der Waals surface area contributed by atoms with E-state index in [-0.39, 0.29) is 13.1 Å². The van der Waals surface area contributed by atoms with Crippen molar-refractivity contribution in [2.45, 2.75) is 25.8 Å². The maximum absolute atomic E-state index is 13.5. The Balaban J connectivity index is 2.12. The second-order valence-electron chi connectivity index (χ2n) is 5.44. The van der Waals surface area contributed by atoms with Crippen LogP contribution in [-0.2, 0) is 4.79 Å². The lowest BCUT2D eigenvalue weighted by Gasteiger charge is -2.25. The minimum atomic E-state index is -2.96. The van der Waals surface area contributed by atoms with Gasteiger partial charge in [0.2, 0.25) is 5.91 Å². The molecule has 1 N–H and O–H groups in total. The average Bonchev–Trinajstić information content (AvgIpc) is 2.68. The van der Waals surface area contributed by atoms with E-state index < -0.39 is 35.7 Å². The van der Waals surface area contributed by atoms with E-state index in [0.717, 1.165) is 0 Å². The van der Waals surface area contributed by atoms with Gasteiger partial charge in [-0.2, -0.15) is 5.26 Å². The van der Waals surface area contributed by atoms with Crippen LogP contribution in [0, 0.1) is 22.7 Å². The summed E-state index contributed by atoms with van der Waals surface area (Å²) in [6.45, 7) is 3.43. The van der Waals surface area contributed by atoms with Gasteiger partial charge < -0.3 is 10.2 Å². The Bertz CT molecular complexity index is 389. The van der Waals surface area contributed by atoms with Gasteiger partial charge in [0.25, 0.3) is 5.92 Å². The van der Waals surface area contributed by atoms with E-state index >= 15 is 0 Å². The van der Waals surface area contributed by atoms with Crippen LogP contribution in [0.5, 0.6) is 0 Å². The lowest BCUT2D eigenvalue weighted by Crippen LogP contribution is -2.41. The monoisotopic (exact) mass is 243 g/mol. The molecule has 1 amide bonds. The molecule has 0 aromatic heterocycles. The number of likely N-dealkylation sites (tertiary alicyclic amines) is 1. The zero-order chi connectivity index (χ0) is 12.8. The molecule has 2 heterocycles. The molecule has 2 fully saturated rings. The normalized spacial score (nSPS) is 31.5. The molecule has 6 heteroatoms. The van der Waals surface area contributed by atoms with Crippen LogP contribution in [-0.4, -0.2) is 42.4 Å². The highest BCUT2D eigenvalue weighted by Crippen LogP contribution is 2.38. The molecule has 2 rings (SSSR count). The van der Waals surface area contributed by atoms with Gasteiger partial charge in [-0.05, 0) is 13.8 Å². The smallest absolute Gasteiger partial charge is 0.273 e. The molecular formula is C11H15F2N3O. The molecule has 4 nitrogen and oxygen atoms in total. The minimum Gasteiger partial charge on any atom is -0.339 e. The van der Waals surface area contributed by atoms with Crippen molar-refractivity contribution in [3.63, 3.8) is 0 Å². The third-order valence-electron chi connectivity index (χ3n) is 3.34. The zero-order valence-corrected chi connectivity index (χ0v) is 9.83. The van der Waals surface area contributed by atoms with Crippen LogP contribution in [0.4, 0.5) is 8.78 Å². The van der Waals surface area contributed by atoms with Gasteiger partial charge in [-0.1, -0.05) is 0 Å². The second kappa shape index (κ2) is 3.64. The number of hydrogen-bond acceptors (Lipinski definition) is 3. The number of hydrogen-bond donors (Lipinski definition) is 1. The van der Waals surface area contributed by atoms with Crippen LogP contribution in [0.1, 0.15) is 13.8 Å². The fourth-order valence-electron chi connectivity index (χ4n) is 2.49. The standard InChI is InChI=1S/C11H15F2N3O/c1-10(2,4-14)6-16-3-7-8(9(16)17)11(12,13)5-15-7/h7-8,15H,3,5-6H2,1-2H3/t7-,8-/m0/s1. The zero-order valence-electron chi connectivity index (χ0n) is 9.83. The number of amides is 1. The Morgan fingerprint density at radius 2 is 2.29 bits per heavy atom. The van der Waals surface area contributed by atoms with Crippen molar-refractivity contribution in [1.82, 2.24) is 10.2 Å². The molecule has 17 heavy (non-hydrogen) atoms. The molecule has 94 valence electrons. The topological polar surface area (TPSA) is 56.1 Å². The predicted molar refractivity (Wildman–Crippen MR) is 56.2 cm³/mol. The lowest BCUT2D eigenvalue weighted by molar-refractivity contribution is -0.140. The van der Waals surface area contributed by atoms with Crippen molar-refractivity contribution >= 4 is 5.91 Å². The number of nitriles is 1. The van der Waals surface area contributed by atoms with Crippen molar-refractivity contribution in [2.75, 3.05) is 19.6 Å². The molecule has 0 aromatic carbocycles. The Labute approximate surface area is 98.6 Å². The highest BCUT2D eigenvalue weighted by atomic mass is 19.3. The third-order valence-corrected chi connectivity index (χ3v) is 3.34. The van der Waals surface area contributed by atoms with Gasteiger partial charge in [0.05, 0.1) is 18.0 Å². The quantitative estimate of drug-likeness (QED) is 0.772. The first-order chi connectivity index (χ1) is 7.77. The molecule has 0 bridgehead atoms. The molecule has 2 atom stereocenters. The van der Waals surface area contributed by atoms with Crippen LogP contribution in [0.3, 0.4) is 0 Å². The van der Waals surface area contributed by atoms with Crippen LogP contribution in [0.15, 0.2) is 0 Å². The number of nitrogens with zero attached hydrogens (tertiary/aromatic N) is 2. The van der Waals surface area contributed by atoms with Crippen molar-refractivity contribution in [2.24, 2.45) is 11.3 Å². The second-order valence-corrected chi connectivity index (χ2v) is 5.44. The fraction of sp³-hybridized carbons (Fsp3) is 0.818. The van der Waals surface area contributed by atoms with Gasteiger partial charge >= 0.3 is 0 Å². The van der Waals surface area contributed by atoms with Crippen LogP contribution in [0.25, 0.3) is 0 Å². The van der Waals surface area contributed by atoms with Gasteiger partial charge in [0, 0.05) is 19.1 Å². The summed E-state index contributed by atoms with van der Waals surface area (Å²) in [4.78, 5) is 13.3. The summed E-state index contributed by atoms with van der Waals surface area (Å²) in [7, 11) is 0. The maximum Gasteiger partial charge on any atom is 0.273 e. The van der Waals surface area contributed by atoms with Crippen LogP contribution < -0.4 is 5.32 Å². The fourth-order valence-corrected chi connectivity index (χ4v) is 2.49. The summed E-state index contributed by atoms with van der Waals surface area (Å²) in [5.41, 5.74) is -0.705. The summed E-state index contributed by atoms with van der Waals surface area (Å²) in [6, 6.07) is 1.59. The number of halogens is 2. The SMILES string of the molecule is CC(C)(C#N)CN1C[C@@H]2NCC(F)(F)[C@@H]2C1=O. The predicted octanol–water partition coefficient (Wildman–Crippen LogP) is 0.602. The van der Waals surface area contributed by atoms with E-state index in [2.05, 4.69) is 11.4 Å². The molecule has 0 aliphatic carbocycles. The van der Waals surface area contributed by atoms with Crippen molar-refractivity contribution in [3.8, 4) is 6.07 Å². The van der Waals surface area contributed by atoms with E-state index in [0.29, 0.717) is 0 Å². The molecule has 0 aromatic rings. The molecular weight excluding hydrogens is 228 g/mol. The largest absolute Gasteiger partial charge is 0.339 e. The van der Waals surface area contributed by atoms with E-state index in [1.807, 2.05) is 0 Å².